The van der Waals surface area contributed by atoms with Gasteiger partial charge in [0.15, 0.2) is 0 Å². The average molecular weight is 370 g/mol. The van der Waals surface area contributed by atoms with Crippen LogP contribution in [0.25, 0.3) is 0 Å². The van der Waals surface area contributed by atoms with Gasteiger partial charge in [-0.1, -0.05) is 48.0 Å². The zero-order chi connectivity index (χ0) is 18.7. The number of rotatable bonds is 4. The smallest absolute Gasteiger partial charge is 0.243 e. The molecule has 0 aromatic heterocycles. The molecule has 26 heavy (non-hydrogen) atoms. The van der Waals surface area contributed by atoms with Gasteiger partial charge in [-0.2, -0.15) is 0 Å². The number of phenols is 1. The molecule has 2 atom stereocenters. The predicted octanol–water partition coefficient (Wildman–Crippen LogP) is 2.98. The van der Waals surface area contributed by atoms with Crippen molar-refractivity contribution in [1.29, 1.82) is 0 Å². The van der Waals surface area contributed by atoms with Crippen molar-refractivity contribution in [3.8, 4) is 5.75 Å². The Bertz CT molecular complexity index is 807. The highest BCUT2D eigenvalue weighted by Gasteiger charge is 2.41. The number of benzene rings is 2. The molecule has 2 aromatic carbocycles. The number of hydrogen-bond acceptors (Lipinski definition) is 4. The maximum Gasteiger partial charge on any atom is 0.243 e. The van der Waals surface area contributed by atoms with E-state index in [9.17, 15) is 14.7 Å². The molecule has 5 nitrogen and oxygen atoms in total. The highest BCUT2D eigenvalue weighted by atomic mass is 32.2. The Morgan fingerprint density at radius 2 is 1.88 bits per heavy atom. The highest BCUT2D eigenvalue weighted by Crippen LogP contribution is 2.44. The van der Waals surface area contributed by atoms with Gasteiger partial charge in [-0.15, -0.1) is 11.8 Å². The predicted molar refractivity (Wildman–Crippen MR) is 103 cm³/mol. The minimum Gasteiger partial charge on any atom is -0.508 e. The van der Waals surface area contributed by atoms with Gasteiger partial charge < -0.3 is 15.3 Å². The van der Waals surface area contributed by atoms with E-state index in [0.717, 1.165) is 5.56 Å². The van der Waals surface area contributed by atoms with Crippen LogP contribution >= 0.6 is 11.8 Å². The lowest BCUT2D eigenvalue weighted by Gasteiger charge is -2.28. The fourth-order valence-electron chi connectivity index (χ4n) is 3.04. The Kier molecular flexibility index (Phi) is 5.52. The van der Waals surface area contributed by atoms with Gasteiger partial charge >= 0.3 is 0 Å². The van der Waals surface area contributed by atoms with Crippen LogP contribution in [0.2, 0.25) is 0 Å². The summed E-state index contributed by atoms with van der Waals surface area (Å²) in [5.74, 6) is 0.278. The van der Waals surface area contributed by atoms with E-state index in [1.807, 2.05) is 37.3 Å². The molecular formula is C20H22N2O3S. The van der Waals surface area contributed by atoms with Crippen molar-refractivity contribution in [3.05, 3.63) is 65.2 Å². The summed E-state index contributed by atoms with van der Waals surface area (Å²) in [4.78, 5) is 26.5. The first kappa shape index (κ1) is 18.3. The van der Waals surface area contributed by atoms with E-state index in [1.54, 1.807) is 23.1 Å². The second kappa shape index (κ2) is 7.83. The van der Waals surface area contributed by atoms with Gasteiger partial charge in [0.1, 0.15) is 17.2 Å². The Morgan fingerprint density at radius 3 is 2.54 bits per heavy atom. The number of carbonyl (C=O) groups excluding carboxylic acids is 2. The number of amides is 2. The number of aryl methyl sites for hydroxylation is 1. The summed E-state index contributed by atoms with van der Waals surface area (Å²) in [7, 11) is 0. The lowest BCUT2D eigenvalue weighted by molar-refractivity contribution is -0.138. The molecule has 3 rings (SSSR count). The van der Waals surface area contributed by atoms with Gasteiger partial charge in [0, 0.05) is 24.8 Å². The lowest BCUT2D eigenvalue weighted by atomic mass is 10.1. The van der Waals surface area contributed by atoms with E-state index in [1.165, 1.54) is 24.2 Å². The van der Waals surface area contributed by atoms with Crippen LogP contribution in [0.3, 0.4) is 0 Å². The molecule has 0 bridgehead atoms. The third kappa shape index (κ3) is 3.85. The van der Waals surface area contributed by atoms with E-state index in [-0.39, 0.29) is 22.9 Å². The molecule has 2 amide bonds. The summed E-state index contributed by atoms with van der Waals surface area (Å²) < 4.78 is 0. The van der Waals surface area contributed by atoms with E-state index in [4.69, 9.17) is 0 Å². The molecule has 1 aliphatic rings. The molecule has 0 saturated carbocycles. The number of para-hydroxylation sites is 1. The minimum atomic E-state index is -0.549. The maximum absolute atomic E-state index is 12.7. The van der Waals surface area contributed by atoms with Crippen molar-refractivity contribution >= 4 is 23.6 Å². The van der Waals surface area contributed by atoms with Crippen LogP contribution in [0.15, 0.2) is 48.5 Å². The molecule has 2 unspecified atom stereocenters. The summed E-state index contributed by atoms with van der Waals surface area (Å²) in [6.45, 7) is 3.90. The van der Waals surface area contributed by atoms with E-state index >= 15 is 0 Å². The van der Waals surface area contributed by atoms with Crippen molar-refractivity contribution in [2.24, 2.45) is 0 Å². The first-order chi connectivity index (χ1) is 12.5. The van der Waals surface area contributed by atoms with E-state index < -0.39 is 6.04 Å². The molecule has 0 spiro atoms. The van der Waals surface area contributed by atoms with Gasteiger partial charge in [-0.25, -0.2) is 0 Å². The van der Waals surface area contributed by atoms with Gasteiger partial charge in [-0.3, -0.25) is 9.59 Å². The van der Waals surface area contributed by atoms with E-state index in [0.29, 0.717) is 17.9 Å². The molecule has 1 heterocycles. The van der Waals surface area contributed by atoms with Gasteiger partial charge in [0.25, 0.3) is 0 Å². The fourth-order valence-corrected chi connectivity index (χ4v) is 4.55. The molecule has 1 aliphatic heterocycles. The summed E-state index contributed by atoms with van der Waals surface area (Å²) in [5, 5.41) is 12.7. The van der Waals surface area contributed by atoms with Crippen molar-refractivity contribution in [2.75, 3.05) is 5.75 Å². The Hall–Kier alpha value is -2.47. The molecule has 2 N–H and O–H groups in total. The summed E-state index contributed by atoms with van der Waals surface area (Å²) in [5.41, 5.74) is 2.84. The monoisotopic (exact) mass is 370 g/mol. The highest BCUT2D eigenvalue weighted by molar-refractivity contribution is 7.99. The van der Waals surface area contributed by atoms with Crippen LogP contribution in [-0.4, -0.2) is 33.6 Å². The number of nitrogens with one attached hydrogen (secondary N) is 1. The van der Waals surface area contributed by atoms with Crippen LogP contribution in [-0.2, 0) is 16.1 Å². The molecule has 6 heteroatoms. The zero-order valence-electron chi connectivity index (χ0n) is 14.8. The topological polar surface area (TPSA) is 69.6 Å². The van der Waals surface area contributed by atoms with Crippen LogP contribution in [0.4, 0.5) is 0 Å². The Balaban J connectivity index is 1.72. The second-order valence-corrected chi connectivity index (χ2v) is 7.50. The number of phenolic OH excluding ortho intramolecular Hbond substituents is 1. The van der Waals surface area contributed by atoms with Crippen molar-refractivity contribution in [3.63, 3.8) is 0 Å². The zero-order valence-corrected chi connectivity index (χ0v) is 15.6. The molecule has 1 saturated heterocycles. The standard InChI is InChI=1S/C20H22N2O3S/c1-13-7-9-15(10-8-13)11-21-19(25)17-12-26-20(22(17)14(2)23)16-5-3-4-6-18(16)24/h3-10,17,20,24H,11-12H2,1-2H3,(H,21,25). The van der Waals surface area contributed by atoms with Crippen LogP contribution < -0.4 is 5.32 Å². The van der Waals surface area contributed by atoms with Crippen molar-refractivity contribution < 1.29 is 14.7 Å². The number of nitrogens with zero attached hydrogens (tertiary/aromatic N) is 1. The molecule has 0 radical (unpaired) electrons. The maximum atomic E-state index is 12.7. The number of hydrogen-bond donors (Lipinski definition) is 2. The molecule has 136 valence electrons. The largest absolute Gasteiger partial charge is 0.508 e. The van der Waals surface area contributed by atoms with Crippen LogP contribution in [0.1, 0.15) is 29.0 Å². The van der Waals surface area contributed by atoms with E-state index in [2.05, 4.69) is 5.32 Å². The first-order valence-electron chi connectivity index (χ1n) is 8.49. The second-order valence-electron chi connectivity index (χ2n) is 6.39. The fraction of sp³-hybridized carbons (Fsp3) is 0.300. The quantitative estimate of drug-likeness (QED) is 0.868. The third-order valence-electron chi connectivity index (χ3n) is 4.46. The number of thioether (sulfide) groups is 1. The molecule has 0 aliphatic carbocycles. The van der Waals surface area contributed by atoms with Crippen molar-refractivity contribution in [1.82, 2.24) is 10.2 Å². The van der Waals surface area contributed by atoms with Crippen LogP contribution in [0.5, 0.6) is 5.75 Å². The lowest BCUT2D eigenvalue weighted by Crippen LogP contribution is -2.47. The third-order valence-corrected chi connectivity index (χ3v) is 5.76. The Morgan fingerprint density at radius 1 is 1.19 bits per heavy atom. The molecule has 1 fully saturated rings. The SMILES string of the molecule is CC(=O)N1C(C(=O)NCc2ccc(C)cc2)CSC1c1ccccc1O. The van der Waals surface area contributed by atoms with Crippen molar-refractivity contribution in [2.45, 2.75) is 31.8 Å². The molecular weight excluding hydrogens is 348 g/mol. The number of aromatic hydroxyl groups is 1. The molecule has 2 aromatic rings. The van der Waals surface area contributed by atoms with Crippen LogP contribution in [0, 0.1) is 6.92 Å². The van der Waals surface area contributed by atoms with Gasteiger partial charge in [0.2, 0.25) is 11.8 Å². The van der Waals surface area contributed by atoms with Gasteiger partial charge in [0.05, 0.1) is 0 Å². The number of carbonyl (C=O) groups is 2. The minimum absolute atomic E-state index is 0.136. The Labute approximate surface area is 157 Å². The average Bonchev–Trinajstić information content (AvgIpc) is 3.06. The first-order valence-corrected chi connectivity index (χ1v) is 9.54. The normalized spacial score (nSPS) is 19.4. The summed E-state index contributed by atoms with van der Waals surface area (Å²) in [6.07, 6.45) is 0. The summed E-state index contributed by atoms with van der Waals surface area (Å²) in [6, 6.07) is 14.4. The summed E-state index contributed by atoms with van der Waals surface area (Å²) >= 11 is 1.49. The van der Waals surface area contributed by atoms with Gasteiger partial charge in [-0.05, 0) is 18.6 Å².